The summed E-state index contributed by atoms with van der Waals surface area (Å²) in [5.41, 5.74) is 0.545. The molecule has 0 aromatic heterocycles. The molecule has 0 aliphatic carbocycles. The molecular weight excluding hydrogens is 360 g/mol. The zero-order chi connectivity index (χ0) is 20.7. The van der Waals surface area contributed by atoms with Crippen molar-refractivity contribution in [3.8, 4) is 0 Å². The zero-order valence-electron chi connectivity index (χ0n) is 17.0. The number of nitrogens with one attached hydrogen (secondary N) is 1. The van der Waals surface area contributed by atoms with Crippen LogP contribution in [0.4, 0.5) is 11.4 Å². The topological polar surface area (TPSA) is 99.1 Å². The second kappa shape index (κ2) is 9.89. The zero-order valence-corrected chi connectivity index (χ0v) is 17.0. The first-order chi connectivity index (χ1) is 13.5. The predicted molar refractivity (Wildman–Crippen MR) is 109 cm³/mol. The van der Waals surface area contributed by atoms with Gasteiger partial charge in [0, 0.05) is 12.5 Å². The number of benzene rings is 1. The van der Waals surface area contributed by atoms with Crippen molar-refractivity contribution in [3.63, 3.8) is 0 Å². The molecule has 1 aromatic rings. The van der Waals surface area contributed by atoms with Gasteiger partial charge in [-0.25, -0.2) is 4.79 Å². The first-order valence-corrected chi connectivity index (χ1v) is 10.00. The van der Waals surface area contributed by atoms with Gasteiger partial charge < -0.3 is 20.3 Å². The van der Waals surface area contributed by atoms with Crippen molar-refractivity contribution >= 4 is 23.3 Å². The number of anilines is 2. The van der Waals surface area contributed by atoms with E-state index < -0.39 is 11.5 Å². The van der Waals surface area contributed by atoms with Gasteiger partial charge in [0.2, 0.25) is 5.91 Å². The fourth-order valence-corrected chi connectivity index (χ4v) is 3.86. The van der Waals surface area contributed by atoms with Gasteiger partial charge in [0.25, 0.3) is 0 Å². The van der Waals surface area contributed by atoms with E-state index in [9.17, 15) is 19.8 Å². The average molecular weight is 392 g/mol. The monoisotopic (exact) mass is 392 g/mol. The molecule has 1 fully saturated rings. The molecule has 2 rings (SSSR count). The van der Waals surface area contributed by atoms with E-state index in [1.54, 1.807) is 18.2 Å². The van der Waals surface area contributed by atoms with Crippen LogP contribution >= 0.6 is 0 Å². The molecule has 3 N–H and O–H groups in total. The molecule has 0 radical (unpaired) electrons. The lowest BCUT2D eigenvalue weighted by atomic mass is 9.97. The molecule has 7 heteroatoms. The maximum absolute atomic E-state index is 12.7. The van der Waals surface area contributed by atoms with Crippen molar-refractivity contribution in [3.05, 3.63) is 23.8 Å². The Kier molecular flexibility index (Phi) is 7.83. The van der Waals surface area contributed by atoms with Crippen LogP contribution in [0.5, 0.6) is 0 Å². The molecule has 1 aliphatic rings. The van der Waals surface area contributed by atoms with Gasteiger partial charge in [0.05, 0.1) is 42.8 Å². The first kappa shape index (κ1) is 22.2. The Morgan fingerprint density at radius 3 is 2.43 bits per heavy atom. The highest BCUT2D eigenvalue weighted by Crippen LogP contribution is 2.40. The number of aliphatic hydroxyl groups is 2. The first-order valence-electron chi connectivity index (χ1n) is 10.00. The average Bonchev–Trinajstić information content (AvgIpc) is 3.04. The van der Waals surface area contributed by atoms with Gasteiger partial charge >= 0.3 is 5.97 Å². The van der Waals surface area contributed by atoms with E-state index in [1.807, 2.05) is 0 Å². The van der Waals surface area contributed by atoms with Crippen molar-refractivity contribution in [1.82, 2.24) is 0 Å². The number of hydrogen-bond acceptors (Lipinski definition) is 6. The summed E-state index contributed by atoms with van der Waals surface area (Å²) in [4.78, 5) is 26.2. The second-order valence-corrected chi connectivity index (χ2v) is 7.41. The van der Waals surface area contributed by atoms with E-state index in [4.69, 9.17) is 4.74 Å². The van der Waals surface area contributed by atoms with Crippen LogP contribution in [0.15, 0.2) is 18.2 Å². The van der Waals surface area contributed by atoms with Crippen LogP contribution in [0.2, 0.25) is 0 Å². The highest BCUT2D eigenvalue weighted by Gasteiger charge is 2.46. The lowest BCUT2D eigenvalue weighted by Crippen LogP contribution is -2.52. The normalized spacial score (nSPS) is 15.9. The molecular formula is C21H32N2O5. The molecule has 1 amide bonds. The Morgan fingerprint density at radius 2 is 1.89 bits per heavy atom. The van der Waals surface area contributed by atoms with Gasteiger partial charge in [-0.2, -0.15) is 0 Å². The quantitative estimate of drug-likeness (QED) is 0.530. The highest BCUT2D eigenvalue weighted by atomic mass is 16.5. The highest BCUT2D eigenvalue weighted by molar-refractivity contribution is 6.02. The molecule has 1 aliphatic heterocycles. The van der Waals surface area contributed by atoms with Crippen LogP contribution in [0.3, 0.4) is 0 Å². The molecule has 1 saturated heterocycles. The van der Waals surface area contributed by atoms with E-state index in [0.717, 1.165) is 25.7 Å². The minimum absolute atomic E-state index is 0.153. The Labute approximate surface area is 166 Å². The van der Waals surface area contributed by atoms with E-state index in [-0.39, 0.29) is 31.6 Å². The van der Waals surface area contributed by atoms with Crippen LogP contribution in [-0.4, -0.2) is 54.0 Å². The summed E-state index contributed by atoms with van der Waals surface area (Å²) in [6, 6.07) is 5.17. The lowest BCUT2D eigenvalue weighted by molar-refractivity contribution is -0.117. The molecule has 28 heavy (non-hydrogen) atoms. The van der Waals surface area contributed by atoms with E-state index in [0.29, 0.717) is 23.4 Å². The summed E-state index contributed by atoms with van der Waals surface area (Å²) < 4.78 is 4.83. The van der Waals surface area contributed by atoms with Gasteiger partial charge in [-0.3, -0.25) is 9.69 Å². The minimum Gasteiger partial charge on any atom is -0.465 e. The third-order valence-corrected chi connectivity index (χ3v) is 5.41. The molecule has 1 aromatic carbocycles. The van der Waals surface area contributed by atoms with Crippen LogP contribution in [0, 0.1) is 0 Å². The fourth-order valence-electron chi connectivity index (χ4n) is 3.86. The Morgan fingerprint density at radius 1 is 1.25 bits per heavy atom. The molecule has 0 unspecified atom stereocenters. The fraction of sp³-hybridized carbons (Fsp3) is 0.619. The number of aliphatic hydroxyl groups excluding tert-OH is 2. The minimum atomic E-state index is -1.04. The van der Waals surface area contributed by atoms with E-state index in [2.05, 4.69) is 19.2 Å². The second-order valence-electron chi connectivity index (χ2n) is 7.41. The van der Waals surface area contributed by atoms with Crippen molar-refractivity contribution in [2.24, 2.45) is 0 Å². The van der Waals surface area contributed by atoms with E-state index in [1.165, 1.54) is 12.0 Å². The lowest BCUT2D eigenvalue weighted by Gasteiger charge is -2.37. The summed E-state index contributed by atoms with van der Waals surface area (Å²) in [7, 11) is 1.33. The summed E-state index contributed by atoms with van der Waals surface area (Å²) >= 11 is 0. The largest absolute Gasteiger partial charge is 0.465 e. The number of carbonyl (C=O) groups is 2. The summed E-state index contributed by atoms with van der Waals surface area (Å²) in [6.45, 7) is 3.56. The maximum Gasteiger partial charge on any atom is 0.337 e. The van der Waals surface area contributed by atoms with Gasteiger partial charge in [0.1, 0.15) is 0 Å². The number of carbonyl (C=O) groups excluding carboxylic acids is 2. The Bertz CT molecular complexity index is 681. The number of hydrogen-bond donors (Lipinski definition) is 3. The molecule has 7 nitrogen and oxygen atoms in total. The Hall–Kier alpha value is -2.12. The van der Waals surface area contributed by atoms with Gasteiger partial charge in [0.15, 0.2) is 0 Å². The number of rotatable bonds is 10. The van der Waals surface area contributed by atoms with Crippen LogP contribution in [0.25, 0.3) is 0 Å². The molecule has 1 heterocycles. The van der Waals surface area contributed by atoms with E-state index >= 15 is 0 Å². The van der Waals surface area contributed by atoms with Gasteiger partial charge in [-0.1, -0.05) is 26.7 Å². The van der Waals surface area contributed by atoms with Crippen LogP contribution in [-0.2, 0) is 9.53 Å². The maximum atomic E-state index is 12.7. The molecule has 0 saturated carbocycles. The standard InChI is InChI=1S/C21H32N2O5/c1-4-6-16(7-5-2)22-17-12-15(20(27)28-3)8-9-18(17)23-19(26)10-11-21(23,13-24)14-25/h8-9,12,16,22,24-25H,4-7,10-11,13-14H2,1-3H3. The van der Waals surface area contributed by atoms with Crippen molar-refractivity contribution in [1.29, 1.82) is 0 Å². The molecule has 156 valence electrons. The van der Waals surface area contributed by atoms with Crippen molar-refractivity contribution < 1.29 is 24.5 Å². The van der Waals surface area contributed by atoms with Gasteiger partial charge in [-0.05, 0) is 37.5 Å². The summed E-state index contributed by atoms with van der Waals surface area (Å²) in [6.07, 6.45) is 4.55. The number of esters is 1. The Balaban J connectivity index is 2.52. The van der Waals surface area contributed by atoms with Crippen LogP contribution in [0.1, 0.15) is 62.7 Å². The smallest absolute Gasteiger partial charge is 0.337 e. The SMILES string of the molecule is CCCC(CCC)Nc1cc(C(=O)OC)ccc1N1C(=O)CCC1(CO)CO. The summed E-state index contributed by atoms with van der Waals surface area (Å²) in [5, 5.41) is 23.4. The van der Waals surface area contributed by atoms with Crippen LogP contribution < -0.4 is 10.2 Å². The molecule has 0 bridgehead atoms. The number of methoxy groups -OCH3 is 1. The number of nitrogens with zero attached hydrogens (tertiary/aromatic N) is 1. The van der Waals surface area contributed by atoms with Crippen molar-refractivity contribution in [2.45, 2.75) is 64.0 Å². The number of ether oxygens (including phenoxy) is 1. The van der Waals surface area contributed by atoms with Gasteiger partial charge in [-0.15, -0.1) is 0 Å². The van der Waals surface area contributed by atoms with Crippen molar-refractivity contribution in [2.75, 3.05) is 30.5 Å². The third kappa shape index (κ3) is 4.47. The predicted octanol–water partition coefficient (Wildman–Crippen LogP) is 2.70. The molecule has 0 atom stereocenters. The summed E-state index contributed by atoms with van der Waals surface area (Å²) in [5.74, 6) is -0.611. The third-order valence-electron chi connectivity index (χ3n) is 5.41. The molecule has 0 spiro atoms. The number of amides is 1.